The number of hydrogen-bond donors (Lipinski definition) is 2. The maximum atomic E-state index is 12.6. The van der Waals surface area contributed by atoms with E-state index in [0.29, 0.717) is 11.3 Å². The van der Waals surface area contributed by atoms with Crippen LogP contribution in [-0.4, -0.2) is 11.0 Å². The Hall–Kier alpha value is -3.33. The van der Waals surface area contributed by atoms with Gasteiger partial charge in [-0.2, -0.15) is 0 Å². The van der Waals surface area contributed by atoms with E-state index in [1.54, 1.807) is 24.3 Å². The van der Waals surface area contributed by atoms with Gasteiger partial charge in [-0.1, -0.05) is 65.0 Å². The number of fused-ring (bicyclic) bond motifs is 1. The highest BCUT2D eigenvalue weighted by atomic mass is 16.3. The molecule has 3 nitrogen and oxygen atoms in total. The predicted molar refractivity (Wildman–Crippen MR) is 147 cm³/mol. The number of carbonyl (C=O) groups is 1. The topological polar surface area (TPSA) is 49.3 Å². The first kappa shape index (κ1) is 24.8. The molecule has 0 spiro atoms. The van der Waals surface area contributed by atoms with Gasteiger partial charge in [-0.05, 0) is 107 Å². The summed E-state index contributed by atoms with van der Waals surface area (Å²) in [6.45, 7) is 13.9. The summed E-state index contributed by atoms with van der Waals surface area (Å²) >= 11 is 0. The fourth-order valence-electron chi connectivity index (χ4n) is 5.12. The molecule has 0 radical (unpaired) electrons. The molecule has 2 N–H and O–H groups in total. The lowest BCUT2D eigenvalue weighted by Gasteiger charge is -2.42. The van der Waals surface area contributed by atoms with Crippen molar-refractivity contribution < 1.29 is 9.90 Å². The molecule has 3 aromatic carbocycles. The highest BCUT2D eigenvalue weighted by Gasteiger charge is 2.37. The Kier molecular flexibility index (Phi) is 6.64. The van der Waals surface area contributed by atoms with Crippen molar-refractivity contribution >= 4 is 23.2 Å². The monoisotopic (exact) mass is 467 g/mol. The van der Waals surface area contributed by atoms with E-state index in [4.69, 9.17) is 0 Å². The standard InChI is InChI=1S/C32H37NO2/c1-7-23-19-28-29(32(5,6)17-16-31(28,3)4)20-27(23)21(2)18-22-8-10-24(11-9-22)30(35)33-25-12-14-26(34)15-13-25/h8-15,18-20,34H,7,16-17H2,1-6H3,(H,33,35). The lowest BCUT2D eigenvalue weighted by Crippen LogP contribution is -2.34. The number of carbonyl (C=O) groups excluding carboxylic acids is 1. The zero-order valence-electron chi connectivity index (χ0n) is 21.8. The molecule has 3 heteroatoms. The molecule has 182 valence electrons. The number of anilines is 1. The van der Waals surface area contributed by atoms with E-state index < -0.39 is 0 Å². The number of phenols is 1. The van der Waals surface area contributed by atoms with Crippen LogP contribution in [0.3, 0.4) is 0 Å². The zero-order valence-corrected chi connectivity index (χ0v) is 21.8. The van der Waals surface area contributed by atoms with Crippen LogP contribution in [0.25, 0.3) is 11.6 Å². The minimum atomic E-state index is -0.171. The third-order valence-corrected chi connectivity index (χ3v) is 7.56. The van der Waals surface area contributed by atoms with Crippen molar-refractivity contribution in [2.45, 2.75) is 71.6 Å². The number of hydrogen-bond acceptors (Lipinski definition) is 2. The quantitative estimate of drug-likeness (QED) is 0.294. The van der Waals surface area contributed by atoms with E-state index in [-0.39, 0.29) is 22.5 Å². The van der Waals surface area contributed by atoms with Gasteiger partial charge in [0.15, 0.2) is 0 Å². The normalized spacial score (nSPS) is 16.5. The Labute approximate surface area is 209 Å². The van der Waals surface area contributed by atoms with Gasteiger partial charge in [0.25, 0.3) is 5.91 Å². The summed E-state index contributed by atoms with van der Waals surface area (Å²) < 4.78 is 0. The molecule has 0 saturated carbocycles. The number of benzene rings is 3. The van der Waals surface area contributed by atoms with Gasteiger partial charge in [0, 0.05) is 11.3 Å². The number of aromatic hydroxyl groups is 1. The predicted octanol–water partition coefficient (Wildman–Crippen LogP) is 8.12. The van der Waals surface area contributed by atoms with E-state index in [2.05, 4.69) is 65.1 Å². The minimum absolute atomic E-state index is 0.171. The molecule has 0 aliphatic heterocycles. The van der Waals surface area contributed by atoms with E-state index in [9.17, 15) is 9.90 Å². The smallest absolute Gasteiger partial charge is 0.255 e. The molecular weight excluding hydrogens is 430 g/mol. The van der Waals surface area contributed by atoms with Crippen LogP contribution < -0.4 is 5.32 Å². The minimum Gasteiger partial charge on any atom is -0.508 e. The van der Waals surface area contributed by atoms with Crippen molar-refractivity contribution in [3.8, 4) is 5.75 Å². The molecule has 4 rings (SSSR count). The van der Waals surface area contributed by atoms with Crippen molar-refractivity contribution in [3.63, 3.8) is 0 Å². The van der Waals surface area contributed by atoms with Crippen LogP contribution in [0.4, 0.5) is 5.69 Å². The zero-order chi connectivity index (χ0) is 25.4. The van der Waals surface area contributed by atoms with E-state index >= 15 is 0 Å². The van der Waals surface area contributed by atoms with Crippen LogP contribution in [-0.2, 0) is 17.3 Å². The number of rotatable bonds is 5. The van der Waals surface area contributed by atoms with Crippen molar-refractivity contribution in [1.82, 2.24) is 0 Å². The van der Waals surface area contributed by atoms with E-state index in [1.807, 2.05) is 24.3 Å². The molecule has 0 bridgehead atoms. The first-order valence-electron chi connectivity index (χ1n) is 12.6. The molecule has 35 heavy (non-hydrogen) atoms. The molecule has 1 aliphatic carbocycles. The fourth-order valence-corrected chi connectivity index (χ4v) is 5.12. The highest BCUT2D eigenvalue weighted by Crippen LogP contribution is 2.47. The Bertz CT molecular complexity index is 1260. The SMILES string of the molecule is CCc1cc2c(cc1C(C)=Cc1ccc(C(=O)Nc3ccc(O)cc3)cc1)C(C)(C)CCC2(C)C. The van der Waals surface area contributed by atoms with Crippen molar-refractivity contribution in [3.05, 3.63) is 94.0 Å². The molecule has 1 aliphatic rings. The number of allylic oxidation sites excluding steroid dienone is 1. The highest BCUT2D eigenvalue weighted by molar-refractivity contribution is 6.04. The van der Waals surface area contributed by atoms with Gasteiger partial charge >= 0.3 is 0 Å². The van der Waals surface area contributed by atoms with Gasteiger partial charge in [-0.25, -0.2) is 0 Å². The first-order valence-corrected chi connectivity index (χ1v) is 12.6. The summed E-state index contributed by atoms with van der Waals surface area (Å²) in [6.07, 6.45) is 5.63. The van der Waals surface area contributed by atoms with Crippen LogP contribution in [0, 0.1) is 0 Å². The van der Waals surface area contributed by atoms with Gasteiger partial charge in [0.2, 0.25) is 0 Å². The Morgan fingerprint density at radius 2 is 1.49 bits per heavy atom. The summed E-state index contributed by atoms with van der Waals surface area (Å²) in [7, 11) is 0. The maximum absolute atomic E-state index is 12.6. The van der Waals surface area contributed by atoms with Gasteiger partial charge in [-0.3, -0.25) is 4.79 Å². The van der Waals surface area contributed by atoms with Crippen molar-refractivity contribution in [2.24, 2.45) is 0 Å². The molecule has 0 unspecified atom stereocenters. The second-order valence-electron chi connectivity index (χ2n) is 11.1. The summed E-state index contributed by atoms with van der Waals surface area (Å²) in [6, 6.07) is 19.1. The molecule has 0 heterocycles. The number of amides is 1. The summed E-state index contributed by atoms with van der Waals surface area (Å²) in [4.78, 5) is 12.6. The molecule has 0 aromatic heterocycles. The third kappa shape index (κ3) is 5.19. The lowest BCUT2D eigenvalue weighted by atomic mass is 9.62. The Balaban J connectivity index is 1.61. The van der Waals surface area contributed by atoms with Crippen molar-refractivity contribution in [1.29, 1.82) is 0 Å². The first-order chi connectivity index (χ1) is 16.5. The average Bonchev–Trinajstić information content (AvgIpc) is 2.83. The molecule has 0 saturated heterocycles. The van der Waals surface area contributed by atoms with E-state index in [0.717, 1.165) is 12.0 Å². The lowest BCUT2D eigenvalue weighted by molar-refractivity contribution is 0.102. The fraction of sp³-hybridized carbons (Fsp3) is 0.344. The summed E-state index contributed by atoms with van der Waals surface area (Å²) in [5.74, 6) is 0.00249. The van der Waals surface area contributed by atoms with Gasteiger partial charge in [-0.15, -0.1) is 0 Å². The molecular formula is C32H37NO2. The molecule has 0 fully saturated rings. The van der Waals surface area contributed by atoms with Gasteiger partial charge in [0.05, 0.1) is 0 Å². The van der Waals surface area contributed by atoms with Crippen LogP contribution in [0.2, 0.25) is 0 Å². The molecule has 0 atom stereocenters. The number of phenolic OH excluding ortho intramolecular Hbond substituents is 1. The van der Waals surface area contributed by atoms with Gasteiger partial charge < -0.3 is 10.4 Å². The third-order valence-electron chi connectivity index (χ3n) is 7.56. The molecule has 1 amide bonds. The number of aryl methyl sites for hydroxylation is 1. The summed E-state index contributed by atoms with van der Waals surface area (Å²) in [5, 5.41) is 12.3. The average molecular weight is 468 g/mol. The van der Waals surface area contributed by atoms with Crippen LogP contribution in [0.1, 0.15) is 92.6 Å². The van der Waals surface area contributed by atoms with E-state index in [1.165, 1.54) is 40.7 Å². The van der Waals surface area contributed by atoms with Crippen LogP contribution in [0.5, 0.6) is 5.75 Å². The number of nitrogens with one attached hydrogen (secondary N) is 1. The Morgan fingerprint density at radius 1 is 0.914 bits per heavy atom. The largest absolute Gasteiger partial charge is 0.508 e. The second-order valence-corrected chi connectivity index (χ2v) is 11.1. The van der Waals surface area contributed by atoms with Crippen LogP contribution in [0.15, 0.2) is 60.7 Å². The maximum Gasteiger partial charge on any atom is 0.255 e. The summed E-state index contributed by atoms with van der Waals surface area (Å²) in [5.41, 5.74) is 9.66. The van der Waals surface area contributed by atoms with Crippen molar-refractivity contribution in [2.75, 3.05) is 5.32 Å². The second kappa shape index (κ2) is 9.37. The Morgan fingerprint density at radius 3 is 2.06 bits per heavy atom. The van der Waals surface area contributed by atoms with Crippen LogP contribution >= 0.6 is 0 Å². The van der Waals surface area contributed by atoms with Gasteiger partial charge in [0.1, 0.15) is 5.75 Å². The molecule has 3 aromatic rings.